The third kappa shape index (κ3) is 4.09. The smallest absolute Gasteiger partial charge is 0.242 e. The fraction of sp³-hybridized carbons (Fsp3) is 0.111. The molecule has 0 aliphatic heterocycles. The van der Waals surface area contributed by atoms with Gasteiger partial charge in [-0.05, 0) is 36.5 Å². The van der Waals surface area contributed by atoms with Gasteiger partial charge >= 0.3 is 0 Å². The van der Waals surface area contributed by atoms with Crippen molar-refractivity contribution >= 4 is 39.9 Å². The number of nitrogens with one attached hydrogen (secondary N) is 3. The molecule has 0 aliphatic carbocycles. The summed E-state index contributed by atoms with van der Waals surface area (Å²) >= 11 is 5.03. The topological polar surface area (TPSA) is 75.5 Å². The lowest BCUT2D eigenvalue weighted by Gasteiger charge is -2.11. The number of benzene rings is 2. The molecule has 0 aliphatic rings. The molecule has 0 spiro atoms. The minimum Gasteiger partial charge on any atom is -0.497 e. The van der Waals surface area contributed by atoms with Gasteiger partial charge in [-0.2, -0.15) is 0 Å². The van der Waals surface area contributed by atoms with E-state index in [4.69, 9.17) is 21.4 Å². The van der Waals surface area contributed by atoms with Crippen LogP contribution in [0.3, 0.4) is 0 Å². The van der Waals surface area contributed by atoms with Crippen molar-refractivity contribution < 1.29 is 18.3 Å². The van der Waals surface area contributed by atoms with E-state index in [2.05, 4.69) is 16.2 Å². The van der Waals surface area contributed by atoms with Gasteiger partial charge in [0.25, 0.3) is 0 Å². The van der Waals surface area contributed by atoms with Crippen LogP contribution in [0.25, 0.3) is 11.0 Å². The summed E-state index contributed by atoms with van der Waals surface area (Å²) in [5.74, 6) is -0.0847. The molecule has 1 heterocycles. The number of furan rings is 1. The summed E-state index contributed by atoms with van der Waals surface area (Å²) in [6, 6.07) is 11.5. The van der Waals surface area contributed by atoms with Crippen LogP contribution in [0.15, 0.2) is 53.1 Å². The van der Waals surface area contributed by atoms with Crippen molar-refractivity contribution in [1.29, 1.82) is 0 Å². The van der Waals surface area contributed by atoms with E-state index < -0.39 is 5.82 Å². The van der Waals surface area contributed by atoms with E-state index in [0.717, 1.165) is 10.9 Å². The standard InChI is InChI=1S/C18H16FN3O3S/c1-24-12-6-7-13-11(10-25-16(13)9-12)8-17(23)21-22-18(26)20-15-5-3-2-4-14(15)19/h2-7,9-10H,8H2,1H3,(H,21,23)(H2,20,22,26). The summed E-state index contributed by atoms with van der Waals surface area (Å²) in [6.45, 7) is 0. The number of thiocarbonyl (C=S) groups is 1. The molecule has 0 saturated carbocycles. The third-order valence-electron chi connectivity index (χ3n) is 3.65. The van der Waals surface area contributed by atoms with Crippen molar-refractivity contribution in [2.75, 3.05) is 12.4 Å². The van der Waals surface area contributed by atoms with Gasteiger partial charge < -0.3 is 14.5 Å². The molecular weight excluding hydrogens is 357 g/mol. The summed E-state index contributed by atoms with van der Waals surface area (Å²) in [4.78, 5) is 12.1. The highest BCUT2D eigenvalue weighted by atomic mass is 32.1. The van der Waals surface area contributed by atoms with Gasteiger partial charge in [0, 0.05) is 17.0 Å². The first-order valence-electron chi connectivity index (χ1n) is 7.71. The Labute approximate surface area is 154 Å². The Bertz CT molecular complexity index is 958. The number of amides is 1. The molecule has 0 atom stereocenters. The monoisotopic (exact) mass is 373 g/mol. The van der Waals surface area contributed by atoms with Crippen LogP contribution in [0, 0.1) is 5.82 Å². The lowest BCUT2D eigenvalue weighted by Crippen LogP contribution is -2.44. The van der Waals surface area contributed by atoms with Crippen LogP contribution >= 0.6 is 12.2 Å². The van der Waals surface area contributed by atoms with Crippen molar-refractivity contribution in [3.05, 3.63) is 60.1 Å². The van der Waals surface area contributed by atoms with Crippen molar-refractivity contribution in [2.45, 2.75) is 6.42 Å². The van der Waals surface area contributed by atoms with Gasteiger partial charge in [-0.25, -0.2) is 4.39 Å². The second kappa shape index (κ2) is 7.83. The molecule has 3 rings (SSSR count). The number of fused-ring (bicyclic) bond motifs is 1. The summed E-state index contributed by atoms with van der Waals surface area (Å²) in [5.41, 5.74) is 6.59. The summed E-state index contributed by atoms with van der Waals surface area (Å²) in [7, 11) is 1.57. The highest BCUT2D eigenvalue weighted by Crippen LogP contribution is 2.25. The van der Waals surface area contributed by atoms with E-state index in [-0.39, 0.29) is 23.1 Å². The highest BCUT2D eigenvalue weighted by molar-refractivity contribution is 7.80. The molecule has 26 heavy (non-hydrogen) atoms. The second-order valence-electron chi connectivity index (χ2n) is 5.41. The largest absolute Gasteiger partial charge is 0.497 e. The Morgan fingerprint density at radius 2 is 2.04 bits per heavy atom. The van der Waals surface area contributed by atoms with Crippen LogP contribution in [0.2, 0.25) is 0 Å². The van der Waals surface area contributed by atoms with Gasteiger partial charge in [0.1, 0.15) is 17.1 Å². The zero-order valence-electron chi connectivity index (χ0n) is 13.8. The number of hydrogen-bond acceptors (Lipinski definition) is 4. The number of hydrogen-bond donors (Lipinski definition) is 3. The Morgan fingerprint density at radius 3 is 2.81 bits per heavy atom. The maximum atomic E-state index is 13.5. The van der Waals surface area contributed by atoms with Crippen molar-refractivity contribution in [3.8, 4) is 5.75 Å². The molecule has 2 aromatic carbocycles. The lowest BCUT2D eigenvalue weighted by molar-refractivity contribution is -0.120. The summed E-state index contributed by atoms with van der Waals surface area (Å²) in [5, 5.41) is 3.57. The van der Waals surface area contributed by atoms with E-state index in [9.17, 15) is 9.18 Å². The fourth-order valence-corrected chi connectivity index (χ4v) is 2.55. The average Bonchev–Trinajstić information content (AvgIpc) is 3.04. The molecule has 1 amide bonds. The third-order valence-corrected chi connectivity index (χ3v) is 3.86. The van der Waals surface area contributed by atoms with E-state index in [0.29, 0.717) is 11.3 Å². The number of halogens is 1. The van der Waals surface area contributed by atoms with Gasteiger partial charge in [0.15, 0.2) is 5.11 Å². The van der Waals surface area contributed by atoms with E-state index >= 15 is 0 Å². The minimum atomic E-state index is -0.441. The number of ether oxygens (including phenoxy) is 1. The van der Waals surface area contributed by atoms with Gasteiger partial charge in [0.05, 0.1) is 25.5 Å². The zero-order chi connectivity index (χ0) is 18.5. The predicted molar refractivity (Wildman–Crippen MR) is 100 cm³/mol. The normalized spacial score (nSPS) is 10.4. The SMILES string of the molecule is COc1ccc2c(CC(=O)NNC(=S)Nc3ccccc3F)coc2c1. The number of para-hydroxylation sites is 1. The zero-order valence-corrected chi connectivity index (χ0v) is 14.7. The average molecular weight is 373 g/mol. The predicted octanol–water partition coefficient (Wildman–Crippen LogP) is 3.14. The number of carbonyl (C=O) groups excluding carboxylic acids is 1. The van der Waals surface area contributed by atoms with Gasteiger partial charge in [0.2, 0.25) is 5.91 Å². The van der Waals surface area contributed by atoms with Gasteiger partial charge in [-0.15, -0.1) is 0 Å². The first-order chi connectivity index (χ1) is 12.6. The first kappa shape index (κ1) is 17.7. The first-order valence-corrected chi connectivity index (χ1v) is 8.12. The molecule has 0 bridgehead atoms. The molecule has 8 heteroatoms. The maximum Gasteiger partial charge on any atom is 0.242 e. The number of carbonyl (C=O) groups is 1. The molecule has 134 valence electrons. The van der Waals surface area contributed by atoms with Gasteiger partial charge in [-0.3, -0.25) is 15.6 Å². The van der Waals surface area contributed by atoms with E-state index in [1.807, 2.05) is 6.07 Å². The number of hydrazine groups is 1. The molecule has 0 saturated heterocycles. The number of rotatable bonds is 4. The second-order valence-corrected chi connectivity index (χ2v) is 5.82. The van der Waals surface area contributed by atoms with Crippen molar-refractivity contribution in [3.63, 3.8) is 0 Å². The maximum absolute atomic E-state index is 13.5. The van der Waals surface area contributed by atoms with Crippen molar-refractivity contribution in [1.82, 2.24) is 10.9 Å². The Morgan fingerprint density at radius 1 is 1.23 bits per heavy atom. The molecule has 0 radical (unpaired) electrons. The molecule has 3 N–H and O–H groups in total. The van der Waals surface area contributed by atoms with Crippen LogP contribution in [0.5, 0.6) is 5.75 Å². The number of methoxy groups -OCH3 is 1. The van der Waals surface area contributed by atoms with E-state index in [1.54, 1.807) is 31.4 Å². The van der Waals surface area contributed by atoms with E-state index in [1.165, 1.54) is 18.4 Å². The van der Waals surface area contributed by atoms with Crippen molar-refractivity contribution in [2.24, 2.45) is 0 Å². The van der Waals surface area contributed by atoms with Crippen LogP contribution in [-0.4, -0.2) is 18.1 Å². The quantitative estimate of drug-likeness (QED) is 0.482. The summed E-state index contributed by atoms with van der Waals surface area (Å²) in [6.07, 6.45) is 1.62. The molecule has 0 unspecified atom stereocenters. The molecular formula is C18H16FN3O3S. The highest BCUT2D eigenvalue weighted by Gasteiger charge is 2.11. The van der Waals surface area contributed by atoms with Crippen LogP contribution in [0.1, 0.15) is 5.56 Å². The Balaban J connectivity index is 1.56. The lowest BCUT2D eigenvalue weighted by atomic mass is 10.1. The number of anilines is 1. The molecule has 0 fully saturated rings. The fourth-order valence-electron chi connectivity index (χ4n) is 2.39. The molecule has 6 nitrogen and oxygen atoms in total. The van der Waals surface area contributed by atoms with Gasteiger partial charge in [-0.1, -0.05) is 12.1 Å². The molecule has 1 aromatic heterocycles. The Kier molecular flexibility index (Phi) is 5.33. The minimum absolute atomic E-state index is 0.0743. The van der Waals surface area contributed by atoms with Crippen LogP contribution in [-0.2, 0) is 11.2 Å². The molecule has 3 aromatic rings. The Hall–Kier alpha value is -3.13. The summed E-state index contributed by atoms with van der Waals surface area (Å²) < 4.78 is 24.1. The van der Waals surface area contributed by atoms with Crippen LogP contribution in [0.4, 0.5) is 10.1 Å². The van der Waals surface area contributed by atoms with Crippen LogP contribution < -0.4 is 20.9 Å².